The maximum absolute atomic E-state index is 13.8. The van der Waals surface area contributed by atoms with E-state index in [0.29, 0.717) is 32.9 Å². The summed E-state index contributed by atoms with van der Waals surface area (Å²) in [5.41, 5.74) is 0. The summed E-state index contributed by atoms with van der Waals surface area (Å²) in [6, 6.07) is 0. The summed E-state index contributed by atoms with van der Waals surface area (Å²) in [6.07, 6.45) is -1.95. The number of rotatable bonds is 8. The van der Waals surface area contributed by atoms with Crippen molar-refractivity contribution in [1.29, 1.82) is 0 Å². The van der Waals surface area contributed by atoms with E-state index in [4.69, 9.17) is 9.47 Å². The van der Waals surface area contributed by atoms with Crippen LogP contribution in [0.4, 0.5) is 8.78 Å². The minimum atomic E-state index is -2.87. The van der Waals surface area contributed by atoms with Crippen molar-refractivity contribution in [2.45, 2.75) is 19.5 Å². The molecule has 6 heteroatoms. The SMILES string of the molecule is CCCOCCN1CCN(CCOC)C1(F)F. The number of hydrogen-bond donors (Lipinski definition) is 0. The Labute approximate surface area is 101 Å². The predicted octanol–water partition coefficient (Wildman–Crippen LogP) is 1.23. The molecule has 1 rings (SSSR count). The van der Waals surface area contributed by atoms with Crippen LogP contribution in [-0.2, 0) is 9.47 Å². The highest BCUT2D eigenvalue weighted by molar-refractivity contribution is 4.80. The second-order valence-corrected chi connectivity index (χ2v) is 4.09. The molecule has 0 radical (unpaired) electrons. The highest BCUT2D eigenvalue weighted by atomic mass is 19.3. The van der Waals surface area contributed by atoms with Crippen LogP contribution in [0.1, 0.15) is 13.3 Å². The Hall–Kier alpha value is -0.300. The standard InChI is InChI=1S/C11H22F2N2O2/c1-3-8-17-10-7-15-5-4-14(6-9-16-2)11(15,12)13/h3-10H2,1-2H3. The van der Waals surface area contributed by atoms with Crippen LogP contribution in [0, 0.1) is 0 Å². The molecule has 0 unspecified atom stereocenters. The van der Waals surface area contributed by atoms with Gasteiger partial charge in [-0.1, -0.05) is 6.92 Å². The smallest absolute Gasteiger partial charge is 0.369 e. The number of methoxy groups -OCH3 is 1. The molecular formula is C11H22F2N2O2. The van der Waals surface area contributed by atoms with Crippen molar-refractivity contribution in [3.05, 3.63) is 0 Å². The van der Waals surface area contributed by atoms with E-state index in [0.717, 1.165) is 11.3 Å². The minimum absolute atomic E-state index is 0.260. The van der Waals surface area contributed by atoms with Crippen LogP contribution >= 0.6 is 0 Å². The highest BCUT2D eigenvalue weighted by Gasteiger charge is 2.48. The quantitative estimate of drug-likeness (QED) is 0.479. The lowest BCUT2D eigenvalue weighted by molar-refractivity contribution is -0.214. The van der Waals surface area contributed by atoms with Crippen molar-refractivity contribution < 1.29 is 18.3 Å². The van der Waals surface area contributed by atoms with Gasteiger partial charge in [-0.05, 0) is 6.42 Å². The first-order valence-corrected chi connectivity index (χ1v) is 6.07. The zero-order valence-corrected chi connectivity index (χ0v) is 10.6. The largest absolute Gasteiger partial charge is 0.383 e. The summed E-state index contributed by atoms with van der Waals surface area (Å²) < 4.78 is 37.8. The molecule has 4 nitrogen and oxygen atoms in total. The van der Waals surface area contributed by atoms with E-state index < -0.39 is 6.17 Å². The molecule has 1 heterocycles. The highest BCUT2D eigenvalue weighted by Crippen LogP contribution is 2.29. The third-order valence-corrected chi connectivity index (χ3v) is 2.82. The first-order chi connectivity index (χ1) is 8.12. The monoisotopic (exact) mass is 252 g/mol. The molecule has 0 aliphatic carbocycles. The van der Waals surface area contributed by atoms with E-state index >= 15 is 0 Å². The molecule has 0 spiro atoms. The molecule has 17 heavy (non-hydrogen) atoms. The van der Waals surface area contributed by atoms with Gasteiger partial charge in [-0.2, -0.15) is 8.78 Å². The van der Waals surface area contributed by atoms with Crippen molar-refractivity contribution in [2.75, 3.05) is 53.1 Å². The molecular weight excluding hydrogens is 230 g/mol. The molecule has 0 amide bonds. The van der Waals surface area contributed by atoms with Crippen molar-refractivity contribution in [3.63, 3.8) is 0 Å². The van der Waals surface area contributed by atoms with E-state index in [-0.39, 0.29) is 13.1 Å². The number of halogens is 2. The third-order valence-electron chi connectivity index (χ3n) is 2.82. The average Bonchev–Trinajstić information content (AvgIpc) is 2.57. The minimum Gasteiger partial charge on any atom is -0.383 e. The van der Waals surface area contributed by atoms with Gasteiger partial charge in [0.2, 0.25) is 0 Å². The van der Waals surface area contributed by atoms with Crippen molar-refractivity contribution in [1.82, 2.24) is 9.80 Å². The maximum atomic E-state index is 13.8. The normalized spacial score (nSPS) is 21.2. The fraction of sp³-hybridized carbons (Fsp3) is 1.00. The number of nitrogens with zero attached hydrogens (tertiary/aromatic N) is 2. The van der Waals surface area contributed by atoms with Crippen LogP contribution in [0.5, 0.6) is 0 Å². The zero-order chi connectivity index (χ0) is 12.7. The molecule has 1 fully saturated rings. The Bertz CT molecular complexity index is 218. The van der Waals surface area contributed by atoms with Gasteiger partial charge in [0.05, 0.1) is 13.2 Å². The Morgan fingerprint density at radius 2 is 1.65 bits per heavy atom. The van der Waals surface area contributed by atoms with Gasteiger partial charge < -0.3 is 9.47 Å². The van der Waals surface area contributed by atoms with Gasteiger partial charge in [0.25, 0.3) is 0 Å². The molecule has 1 aliphatic heterocycles. The summed E-state index contributed by atoms with van der Waals surface area (Å²) in [6.45, 7) is 4.61. The maximum Gasteiger partial charge on any atom is 0.369 e. The van der Waals surface area contributed by atoms with Crippen molar-refractivity contribution >= 4 is 0 Å². The molecule has 0 atom stereocenters. The molecule has 1 saturated heterocycles. The first-order valence-electron chi connectivity index (χ1n) is 6.07. The average molecular weight is 252 g/mol. The Kier molecular flexibility index (Phi) is 6.26. The van der Waals surface area contributed by atoms with Gasteiger partial charge in [0.1, 0.15) is 0 Å². The van der Waals surface area contributed by atoms with Crippen LogP contribution in [0.15, 0.2) is 0 Å². The fourth-order valence-electron chi connectivity index (χ4n) is 1.83. The molecule has 1 aliphatic rings. The van der Waals surface area contributed by atoms with Crippen LogP contribution in [0.2, 0.25) is 0 Å². The van der Waals surface area contributed by atoms with Gasteiger partial charge in [-0.3, -0.25) is 0 Å². The molecule has 102 valence electrons. The molecule has 0 bridgehead atoms. The Morgan fingerprint density at radius 1 is 1.06 bits per heavy atom. The van der Waals surface area contributed by atoms with Gasteiger partial charge in [-0.25, -0.2) is 9.80 Å². The van der Waals surface area contributed by atoms with Gasteiger partial charge in [0, 0.05) is 39.9 Å². The summed E-state index contributed by atoms with van der Waals surface area (Å²) in [4.78, 5) is 2.31. The number of alkyl halides is 2. The van der Waals surface area contributed by atoms with Crippen LogP contribution in [-0.4, -0.2) is 69.1 Å². The second-order valence-electron chi connectivity index (χ2n) is 4.09. The van der Waals surface area contributed by atoms with E-state index in [1.807, 2.05) is 6.92 Å². The van der Waals surface area contributed by atoms with Crippen LogP contribution in [0.25, 0.3) is 0 Å². The summed E-state index contributed by atoms with van der Waals surface area (Å²) >= 11 is 0. The molecule has 0 N–H and O–H groups in total. The van der Waals surface area contributed by atoms with E-state index in [1.54, 1.807) is 0 Å². The molecule has 0 saturated carbocycles. The van der Waals surface area contributed by atoms with E-state index in [1.165, 1.54) is 12.0 Å². The van der Waals surface area contributed by atoms with E-state index in [9.17, 15) is 8.78 Å². The Morgan fingerprint density at radius 3 is 2.18 bits per heavy atom. The number of hydrogen-bond acceptors (Lipinski definition) is 4. The van der Waals surface area contributed by atoms with Gasteiger partial charge >= 0.3 is 6.17 Å². The lowest BCUT2D eigenvalue weighted by atomic mass is 10.5. The summed E-state index contributed by atoms with van der Waals surface area (Å²) in [5, 5.41) is 0. The Balaban J connectivity index is 2.31. The lowest BCUT2D eigenvalue weighted by Crippen LogP contribution is -2.48. The van der Waals surface area contributed by atoms with Crippen molar-refractivity contribution in [2.24, 2.45) is 0 Å². The lowest BCUT2D eigenvalue weighted by Gasteiger charge is -2.28. The predicted molar refractivity (Wildman–Crippen MR) is 61.1 cm³/mol. The fourth-order valence-corrected chi connectivity index (χ4v) is 1.83. The van der Waals surface area contributed by atoms with E-state index in [2.05, 4.69) is 0 Å². The van der Waals surface area contributed by atoms with Crippen LogP contribution in [0.3, 0.4) is 0 Å². The third kappa shape index (κ3) is 4.13. The summed E-state index contributed by atoms with van der Waals surface area (Å²) in [7, 11) is 1.52. The van der Waals surface area contributed by atoms with Crippen molar-refractivity contribution in [3.8, 4) is 0 Å². The first kappa shape index (κ1) is 14.8. The van der Waals surface area contributed by atoms with Gasteiger partial charge in [-0.15, -0.1) is 0 Å². The molecule has 0 aromatic heterocycles. The topological polar surface area (TPSA) is 24.9 Å². The van der Waals surface area contributed by atoms with Gasteiger partial charge in [0.15, 0.2) is 0 Å². The molecule has 0 aromatic rings. The van der Waals surface area contributed by atoms with Crippen LogP contribution < -0.4 is 0 Å². The molecule has 0 aromatic carbocycles. The zero-order valence-electron chi connectivity index (χ0n) is 10.6. The second kappa shape index (κ2) is 7.20. The number of ether oxygens (including phenoxy) is 2. The summed E-state index contributed by atoms with van der Waals surface area (Å²) in [5.74, 6) is 0.